The summed E-state index contributed by atoms with van der Waals surface area (Å²) < 4.78 is 2.18. The molecule has 1 aliphatic rings. The average Bonchev–Trinajstić information content (AvgIpc) is 2.88. The Morgan fingerprint density at radius 2 is 2.05 bits per heavy atom. The van der Waals surface area contributed by atoms with Gasteiger partial charge in [-0.15, -0.1) is 11.6 Å². The second kappa shape index (κ2) is 6.27. The topological polar surface area (TPSA) is 21.1 Å². The third-order valence-corrected chi connectivity index (χ3v) is 5.03. The molecule has 0 radical (unpaired) electrons. The molecular weight excluding hydrogens is 258 g/mol. The van der Waals surface area contributed by atoms with Gasteiger partial charge in [0.05, 0.1) is 11.7 Å². The summed E-state index contributed by atoms with van der Waals surface area (Å²) in [5.41, 5.74) is 1.15. The van der Waals surface area contributed by atoms with Gasteiger partial charge in [-0.2, -0.15) is 5.10 Å². The standard InChI is InChI=1S/C15H26ClN3/c1-15(2,12-16)18(3)11-13-9-10-19(17-13)14-7-5-4-6-8-14/h9-10,14H,4-8,11-12H2,1-3H3. The summed E-state index contributed by atoms with van der Waals surface area (Å²) >= 11 is 6.01. The molecule has 0 bridgehead atoms. The van der Waals surface area contributed by atoms with Crippen LogP contribution in [0, 0.1) is 0 Å². The SMILES string of the molecule is CN(Cc1ccn(C2CCCCC2)n1)C(C)(C)CCl. The van der Waals surface area contributed by atoms with Crippen molar-refractivity contribution < 1.29 is 0 Å². The fourth-order valence-corrected chi connectivity index (χ4v) is 2.77. The number of nitrogens with zero attached hydrogens (tertiary/aromatic N) is 3. The summed E-state index contributed by atoms with van der Waals surface area (Å²) in [5.74, 6) is 0.632. The molecule has 1 saturated carbocycles. The minimum atomic E-state index is 0.0101. The van der Waals surface area contributed by atoms with Crippen LogP contribution in [0.2, 0.25) is 0 Å². The Bertz CT molecular complexity index is 394. The Labute approximate surface area is 121 Å². The van der Waals surface area contributed by atoms with Crippen molar-refractivity contribution in [3.05, 3.63) is 18.0 Å². The van der Waals surface area contributed by atoms with Gasteiger partial charge in [0, 0.05) is 24.2 Å². The van der Waals surface area contributed by atoms with Gasteiger partial charge in [-0.3, -0.25) is 9.58 Å². The molecule has 108 valence electrons. The predicted octanol–water partition coefficient (Wildman–Crippen LogP) is 3.84. The molecule has 3 nitrogen and oxygen atoms in total. The Hall–Kier alpha value is -0.540. The highest BCUT2D eigenvalue weighted by Gasteiger charge is 2.23. The largest absolute Gasteiger partial charge is 0.294 e. The maximum atomic E-state index is 6.01. The molecular formula is C15H26ClN3. The van der Waals surface area contributed by atoms with E-state index in [9.17, 15) is 0 Å². The first-order valence-electron chi connectivity index (χ1n) is 7.34. The molecule has 0 aromatic carbocycles. The monoisotopic (exact) mass is 283 g/mol. The lowest BCUT2D eigenvalue weighted by atomic mass is 9.96. The second-order valence-corrected chi connectivity index (χ2v) is 6.65. The zero-order chi connectivity index (χ0) is 13.9. The second-order valence-electron chi connectivity index (χ2n) is 6.38. The highest BCUT2D eigenvalue weighted by molar-refractivity contribution is 6.18. The summed E-state index contributed by atoms with van der Waals surface area (Å²) in [5, 5.41) is 4.75. The fourth-order valence-electron chi connectivity index (χ4n) is 2.57. The molecule has 0 N–H and O–H groups in total. The van der Waals surface area contributed by atoms with Crippen LogP contribution in [-0.2, 0) is 6.54 Å². The van der Waals surface area contributed by atoms with Gasteiger partial charge in [-0.1, -0.05) is 19.3 Å². The Kier molecular flexibility index (Phi) is 4.91. The van der Waals surface area contributed by atoms with Crippen LogP contribution in [0.25, 0.3) is 0 Å². The summed E-state index contributed by atoms with van der Waals surface area (Å²) in [7, 11) is 2.11. The number of rotatable bonds is 5. The maximum absolute atomic E-state index is 6.01. The molecule has 0 saturated heterocycles. The van der Waals surface area contributed by atoms with E-state index >= 15 is 0 Å². The van der Waals surface area contributed by atoms with Gasteiger partial charge >= 0.3 is 0 Å². The third kappa shape index (κ3) is 3.73. The third-order valence-electron chi connectivity index (χ3n) is 4.37. The molecule has 4 heteroatoms. The Balaban J connectivity index is 1.97. The molecule has 1 aromatic heterocycles. The quantitative estimate of drug-likeness (QED) is 0.766. The van der Waals surface area contributed by atoms with E-state index < -0.39 is 0 Å². The van der Waals surface area contributed by atoms with Crippen LogP contribution in [0.1, 0.15) is 57.7 Å². The van der Waals surface area contributed by atoms with Crippen LogP contribution in [0.5, 0.6) is 0 Å². The van der Waals surface area contributed by atoms with E-state index in [1.54, 1.807) is 0 Å². The summed E-state index contributed by atoms with van der Waals surface area (Å²) in [6.45, 7) is 5.19. The van der Waals surface area contributed by atoms with Crippen molar-refractivity contribution in [2.24, 2.45) is 0 Å². The number of alkyl halides is 1. The van der Waals surface area contributed by atoms with Gasteiger partial charge < -0.3 is 0 Å². The maximum Gasteiger partial charge on any atom is 0.0764 e. The summed E-state index contributed by atoms with van der Waals surface area (Å²) in [6, 6.07) is 2.77. The van der Waals surface area contributed by atoms with Crippen molar-refractivity contribution in [1.82, 2.24) is 14.7 Å². The fraction of sp³-hybridized carbons (Fsp3) is 0.800. The van der Waals surface area contributed by atoms with Gasteiger partial charge in [0.15, 0.2) is 0 Å². The minimum absolute atomic E-state index is 0.0101. The van der Waals surface area contributed by atoms with Crippen LogP contribution < -0.4 is 0 Å². The minimum Gasteiger partial charge on any atom is -0.294 e. The molecule has 0 atom stereocenters. The van der Waals surface area contributed by atoms with Crippen LogP contribution >= 0.6 is 11.6 Å². The molecule has 2 rings (SSSR count). The normalized spacial score (nSPS) is 18.2. The van der Waals surface area contributed by atoms with E-state index in [4.69, 9.17) is 16.7 Å². The van der Waals surface area contributed by atoms with Crippen LogP contribution in [0.4, 0.5) is 0 Å². The zero-order valence-corrected chi connectivity index (χ0v) is 13.2. The molecule has 0 unspecified atom stereocenters. The Morgan fingerprint density at radius 1 is 1.37 bits per heavy atom. The van der Waals surface area contributed by atoms with E-state index in [1.807, 2.05) is 0 Å². The molecule has 1 aromatic rings. The number of hydrogen-bond donors (Lipinski definition) is 0. The molecule has 0 spiro atoms. The summed E-state index contributed by atoms with van der Waals surface area (Å²) in [6.07, 6.45) is 8.79. The van der Waals surface area contributed by atoms with Gasteiger partial charge in [0.1, 0.15) is 0 Å². The van der Waals surface area contributed by atoms with Crippen LogP contribution in [-0.4, -0.2) is 33.1 Å². The van der Waals surface area contributed by atoms with Crippen LogP contribution in [0.3, 0.4) is 0 Å². The first-order valence-corrected chi connectivity index (χ1v) is 7.87. The first-order chi connectivity index (χ1) is 9.03. The lowest BCUT2D eigenvalue weighted by molar-refractivity contribution is 0.168. The van der Waals surface area contributed by atoms with Gasteiger partial charge in [-0.05, 0) is 39.8 Å². The van der Waals surface area contributed by atoms with Gasteiger partial charge in [0.2, 0.25) is 0 Å². The number of hydrogen-bond acceptors (Lipinski definition) is 2. The van der Waals surface area contributed by atoms with E-state index in [0.29, 0.717) is 11.9 Å². The summed E-state index contributed by atoms with van der Waals surface area (Å²) in [4.78, 5) is 2.27. The highest BCUT2D eigenvalue weighted by Crippen LogP contribution is 2.27. The van der Waals surface area contributed by atoms with Gasteiger partial charge in [0.25, 0.3) is 0 Å². The number of aromatic nitrogens is 2. The molecule has 0 aliphatic heterocycles. The van der Waals surface area contributed by atoms with E-state index in [2.05, 4.69) is 42.7 Å². The smallest absolute Gasteiger partial charge is 0.0764 e. The molecule has 1 aliphatic carbocycles. The highest BCUT2D eigenvalue weighted by atomic mass is 35.5. The van der Waals surface area contributed by atoms with Crippen molar-refractivity contribution in [3.8, 4) is 0 Å². The van der Waals surface area contributed by atoms with Crippen molar-refractivity contribution in [1.29, 1.82) is 0 Å². The lowest BCUT2D eigenvalue weighted by Gasteiger charge is -2.33. The van der Waals surface area contributed by atoms with Crippen LogP contribution in [0.15, 0.2) is 12.3 Å². The lowest BCUT2D eigenvalue weighted by Crippen LogP contribution is -2.42. The van der Waals surface area contributed by atoms with E-state index in [0.717, 1.165) is 12.2 Å². The van der Waals surface area contributed by atoms with Gasteiger partial charge in [-0.25, -0.2) is 0 Å². The molecule has 1 heterocycles. The molecule has 1 fully saturated rings. The van der Waals surface area contributed by atoms with Crippen molar-refractivity contribution in [2.45, 2.75) is 64.1 Å². The number of halogens is 1. The van der Waals surface area contributed by atoms with Crippen molar-refractivity contribution >= 4 is 11.6 Å². The van der Waals surface area contributed by atoms with Crippen molar-refractivity contribution in [3.63, 3.8) is 0 Å². The zero-order valence-electron chi connectivity index (χ0n) is 12.4. The first kappa shape index (κ1) is 14.9. The van der Waals surface area contributed by atoms with Crippen molar-refractivity contribution in [2.75, 3.05) is 12.9 Å². The predicted molar refractivity (Wildman–Crippen MR) is 80.6 cm³/mol. The molecule has 0 amide bonds. The van der Waals surface area contributed by atoms with E-state index in [1.165, 1.54) is 32.1 Å². The van der Waals surface area contributed by atoms with E-state index in [-0.39, 0.29) is 5.54 Å². The Morgan fingerprint density at radius 3 is 2.68 bits per heavy atom. The molecule has 19 heavy (non-hydrogen) atoms. The average molecular weight is 284 g/mol.